The Labute approximate surface area is 132 Å². The van der Waals surface area contributed by atoms with Crippen molar-refractivity contribution < 1.29 is 0 Å². The third-order valence-corrected chi connectivity index (χ3v) is 4.64. The summed E-state index contributed by atoms with van der Waals surface area (Å²) >= 11 is 6.01. The van der Waals surface area contributed by atoms with Gasteiger partial charge in [0.25, 0.3) is 0 Å². The molecule has 0 aliphatic heterocycles. The maximum atomic E-state index is 6.01. The molecule has 0 heterocycles. The Morgan fingerprint density at radius 1 is 1.14 bits per heavy atom. The third kappa shape index (κ3) is 3.30. The van der Waals surface area contributed by atoms with E-state index in [1.807, 2.05) is 12.1 Å². The first kappa shape index (κ1) is 14.6. The predicted octanol–water partition coefficient (Wildman–Crippen LogP) is 5.46. The van der Waals surface area contributed by atoms with E-state index in [-0.39, 0.29) is 0 Å². The fraction of sp³-hybridized carbons (Fsp3) is 0.368. The van der Waals surface area contributed by atoms with Gasteiger partial charge in [0.05, 0.1) is 0 Å². The Kier molecular flexibility index (Phi) is 4.62. The fourth-order valence-corrected chi connectivity index (χ4v) is 3.43. The maximum absolute atomic E-state index is 6.01. The minimum atomic E-state index is 0.406. The molecule has 2 unspecified atom stereocenters. The Morgan fingerprint density at radius 3 is 2.67 bits per heavy atom. The Balaban J connectivity index is 1.79. The van der Waals surface area contributed by atoms with Crippen LogP contribution in [-0.2, 0) is 6.42 Å². The number of halogens is 1. The van der Waals surface area contributed by atoms with Crippen molar-refractivity contribution in [2.24, 2.45) is 0 Å². The molecular weight excluding hydrogens is 278 g/mol. The van der Waals surface area contributed by atoms with Gasteiger partial charge in [-0.3, -0.25) is 0 Å². The maximum Gasteiger partial charge on any atom is 0.0406 e. The molecule has 2 aromatic rings. The molecule has 1 aliphatic carbocycles. The van der Waals surface area contributed by atoms with E-state index in [1.165, 1.54) is 36.0 Å². The highest BCUT2D eigenvalue weighted by Crippen LogP contribution is 2.34. The van der Waals surface area contributed by atoms with Crippen molar-refractivity contribution in [3.05, 3.63) is 70.2 Å². The second-order valence-electron chi connectivity index (χ2n) is 5.85. The smallest absolute Gasteiger partial charge is 0.0406 e. The van der Waals surface area contributed by atoms with Gasteiger partial charge < -0.3 is 5.32 Å². The topological polar surface area (TPSA) is 12.0 Å². The lowest BCUT2D eigenvalue weighted by molar-refractivity contribution is 0.419. The largest absolute Gasteiger partial charge is 0.303 e. The molecule has 0 radical (unpaired) electrons. The lowest BCUT2D eigenvalue weighted by Crippen LogP contribution is -2.25. The summed E-state index contributed by atoms with van der Waals surface area (Å²) in [5.74, 6) is 0. The molecule has 1 aliphatic rings. The van der Waals surface area contributed by atoms with E-state index in [0.29, 0.717) is 12.1 Å². The van der Waals surface area contributed by atoms with Gasteiger partial charge in [-0.2, -0.15) is 0 Å². The van der Waals surface area contributed by atoms with Crippen LogP contribution in [-0.4, -0.2) is 0 Å². The Morgan fingerprint density at radius 2 is 1.90 bits per heavy atom. The van der Waals surface area contributed by atoms with Crippen LogP contribution in [0.3, 0.4) is 0 Å². The average molecular weight is 300 g/mol. The number of aryl methyl sites for hydroxylation is 1. The van der Waals surface area contributed by atoms with Crippen LogP contribution in [0.15, 0.2) is 48.5 Å². The van der Waals surface area contributed by atoms with E-state index in [9.17, 15) is 0 Å². The van der Waals surface area contributed by atoms with Crippen LogP contribution < -0.4 is 5.32 Å². The third-order valence-electron chi connectivity index (χ3n) is 4.38. The summed E-state index contributed by atoms with van der Waals surface area (Å²) in [6.45, 7) is 2.24. The number of rotatable bonds is 5. The number of hydrogen-bond acceptors (Lipinski definition) is 1. The number of fused-ring (bicyclic) bond motifs is 1. The van der Waals surface area contributed by atoms with Crippen LogP contribution in [0.4, 0.5) is 0 Å². The van der Waals surface area contributed by atoms with E-state index in [1.54, 1.807) is 0 Å². The number of hydrogen-bond donors (Lipinski definition) is 1. The standard InChI is InChI=1S/C19H22ClN/c1-2-5-18(15-8-11-16(20)12-9-15)21-19-13-10-14-6-3-4-7-17(14)19/h3-4,6-9,11-12,18-19,21H,2,5,10,13H2,1H3. The van der Waals surface area contributed by atoms with Gasteiger partial charge in [-0.05, 0) is 48.1 Å². The molecule has 0 aromatic heterocycles. The molecule has 0 spiro atoms. The number of nitrogens with one attached hydrogen (secondary N) is 1. The molecule has 0 fully saturated rings. The first-order chi connectivity index (χ1) is 10.3. The minimum absolute atomic E-state index is 0.406. The van der Waals surface area contributed by atoms with Crippen LogP contribution >= 0.6 is 11.6 Å². The first-order valence-corrected chi connectivity index (χ1v) is 8.25. The van der Waals surface area contributed by atoms with Crippen molar-refractivity contribution in [1.82, 2.24) is 5.32 Å². The lowest BCUT2D eigenvalue weighted by atomic mass is 9.99. The van der Waals surface area contributed by atoms with Gasteiger partial charge in [0.15, 0.2) is 0 Å². The van der Waals surface area contributed by atoms with Gasteiger partial charge in [0.1, 0.15) is 0 Å². The minimum Gasteiger partial charge on any atom is -0.303 e. The summed E-state index contributed by atoms with van der Waals surface area (Å²) in [6, 6.07) is 18.0. The quantitative estimate of drug-likeness (QED) is 0.773. The summed E-state index contributed by atoms with van der Waals surface area (Å²) in [4.78, 5) is 0. The van der Waals surface area contributed by atoms with E-state index < -0.39 is 0 Å². The van der Waals surface area contributed by atoms with Crippen LogP contribution in [0.2, 0.25) is 5.02 Å². The summed E-state index contributed by atoms with van der Waals surface area (Å²) in [6.07, 6.45) is 4.72. The first-order valence-electron chi connectivity index (χ1n) is 7.87. The van der Waals surface area contributed by atoms with Gasteiger partial charge in [0, 0.05) is 17.1 Å². The van der Waals surface area contributed by atoms with Gasteiger partial charge in [-0.1, -0.05) is 61.3 Å². The zero-order valence-electron chi connectivity index (χ0n) is 12.5. The van der Waals surface area contributed by atoms with E-state index in [2.05, 4.69) is 48.6 Å². The molecule has 0 amide bonds. The van der Waals surface area contributed by atoms with Gasteiger partial charge in [-0.15, -0.1) is 0 Å². The monoisotopic (exact) mass is 299 g/mol. The highest BCUT2D eigenvalue weighted by Gasteiger charge is 2.24. The average Bonchev–Trinajstić information content (AvgIpc) is 2.91. The number of benzene rings is 2. The van der Waals surface area contributed by atoms with Crippen LogP contribution in [0.5, 0.6) is 0 Å². The SMILES string of the molecule is CCCC(NC1CCc2ccccc21)c1ccc(Cl)cc1. The summed E-state index contributed by atoms with van der Waals surface area (Å²) in [5, 5.41) is 4.67. The molecule has 1 N–H and O–H groups in total. The van der Waals surface area contributed by atoms with Crippen molar-refractivity contribution >= 4 is 11.6 Å². The molecule has 2 atom stereocenters. The van der Waals surface area contributed by atoms with Gasteiger partial charge in [0.2, 0.25) is 0 Å². The molecule has 3 rings (SSSR count). The molecule has 2 aromatic carbocycles. The lowest BCUT2D eigenvalue weighted by Gasteiger charge is -2.24. The highest BCUT2D eigenvalue weighted by atomic mass is 35.5. The normalized spacial score (nSPS) is 18.5. The zero-order valence-corrected chi connectivity index (χ0v) is 13.2. The molecule has 1 nitrogen and oxygen atoms in total. The second-order valence-corrected chi connectivity index (χ2v) is 6.29. The highest BCUT2D eigenvalue weighted by molar-refractivity contribution is 6.30. The molecule has 0 bridgehead atoms. The summed E-state index contributed by atoms with van der Waals surface area (Å²) in [5.41, 5.74) is 4.32. The van der Waals surface area contributed by atoms with Crippen LogP contribution in [0, 0.1) is 0 Å². The summed E-state index contributed by atoms with van der Waals surface area (Å²) < 4.78 is 0. The Bertz CT molecular complexity index is 591. The van der Waals surface area contributed by atoms with E-state index in [4.69, 9.17) is 11.6 Å². The fourth-order valence-electron chi connectivity index (χ4n) is 3.30. The Hall–Kier alpha value is -1.31. The molecule has 0 saturated heterocycles. The summed E-state index contributed by atoms with van der Waals surface area (Å²) in [7, 11) is 0. The molecule has 21 heavy (non-hydrogen) atoms. The zero-order chi connectivity index (χ0) is 14.7. The van der Waals surface area contributed by atoms with Crippen molar-refractivity contribution in [2.45, 2.75) is 44.7 Å². The van der Waals surface area contributed by atoms with Crippen molar-refractivity contribution in [3.63, 3.8) is 0 Å². The van der Waals surface area contributed by atoms with Crippen molar-refractivity contribution in [2.75, 3.05) is 0 Å². The molecule has 0 saturated carbocycles. The van der Waals surface area contributed by atoms with Crippen molar-refractivity contribution in [3.8, 4) is 0 Å². The van der Waals surface area contributed by atoms with E-state index in [0.717, 1.165) is 11.4 Å². The molecule has 110 valence electrons. The molecular formula is C19H22ClN. The van der Waals surface area contributed by atoms with Crippen LogP contribution in [0.1, 0.15) is 55.0 Å². The second kappa shape index (κ2) is 6.64. The predicted molar refractivity (Wildman–Crippen MR) is 89.7 cm³/mol. The van der Waals surface area contributed by atoms with Gasteiger partial charge >= 0.3 is 0 Å². The van der Waals surface area contributed by atoms with Crippen LogP contribution in [0.25, 0.3) is 0 Å². The molecule has 2 heteroatoms. The van der Waals surface area contributed by atoms with Gasteiger partial charge in [-0.25, -0.2) is 0 Å². The van der Waals surface area contributed by atoms with Crippen molar-refractivity contribution in [1.29, 1.82) is 0 Å². The van der Waals surface area contributed by atoms with E-state index >= 15 is 0 Å².